The molecule has 3 amide bonds. The lowest BCUT2D eigenvalue weighted by Crippen LogP contribution is -2.69. The molecule has 6 atom stereocenters. The van der Waals surface area contributed by atoms with Crippen molar-refractivity contribution in [2.75, 3.05) is 6.54 Å². The minimum absolute atomic E-state index is 0.0368. The molecule has 5 rings (SSSR count). The SMILES string of the molecule is N#C[C@H](C[C@@H]1CCNC1=O)NC(=O)[C@H]1[C@H]2CC[C@H](CC2(F)F)N1C(=O)[C@H](O)c1cccc(Cl)c1. The number of hydrogen-bond donors (Lipinski definition) is 3. The van der Waals surface area contributed by atoms with Crippen LogP contribution in [0.25, 0.3) is 0 Å². The summed E-state index contributed by atoms with van der Waals surface area (Å²) in [5.41, 5.74) is 0.187. The third-order valence-electron chi connectivity index (χ3n) is 7.01. The number of amides is 3. The summed E-state index contributed by atoms with van der Waals surface area (Å²) in [6, 6.07) is 4.35. The number of halogens is 3. The number of benzene rings is 1. The zero-order chi connectivity index (χ0) is 24.6. The highest BCUT2D eigenvalue weighted by molar-refractivity contribution is 6.30. The van der Waals surface area contributed by atoms with Crippen molar-refractivity contribution in [3.05, 3.63) is 34.9 Å². The highest BCUT2D eigenvalue weighted by Crippen LogP contribution is 2.49. The third kappa shape index (κ3) is 4.59. The molecule has 4 aliphatic rings. The van der Waals surface area contributed by atoms with Crippen molar-refractivity contribution >= 4 is 29.3 Å². The number of carbonyl (C=O) groups excluding carboxylic acids is 3. The van der Waals surface area contributed by atoms with E-state index >= 15 is 0 Å². The number of nitrogens with zero attached hydrogens (tertiary/aromatic N) is 2. The Morgan fingerprint density at radius 3 is 2.74 bits per heavy atom. The molecule has 11 heteroatoms. The first kappa shape index (κ1) is 24.4. The maximum absolute atomic E-state index is 14.8. The first-order valence-electron chi connectivity index (χ1n) is 11.2. The van der Waals surface area contributed by atoms with Gasteiger partial charge in [-0.3, -0.25) is 14.4 Å². The normalized spacial score (nSPS) is 29.1. The van der Waals surface area contributed by atoms with E-state index in [0.29, 0.717) is 13.0 Å². The van der Waals surface area contributed by atoms with Gasteiger partial charge in [0.25, 0.3) is 11.8 Å². The third-order valence-corrected chi connectivity index (χ3v) is 7.25. The lowest BCUT2D eigenvalue weighted by Gasteiger charge is -2.54. The fourth-order valence-electron chi connectivity index (χ4n) is 5.34. The van der Waals surface area contributed by atoms with Gasteiger partial charge in [-0.2, -0.15) is 5.26 Å². The van der Waals surface area contributed by atoms with Crippen LogP contribution >= 0.6 is 11.6 Å². The number of piperidine rings is 2. The molecule has 3 aliphatic heterocycles. The molecule has 1 saturated carbocycles. The molecule has 0 radical (unpaired) electrons. The number of hydrogen-bond acceptors (Lipinski definition) is 5. The minimum Gasteiger partial charge on any atom is -0.378 e. The van der Waals surface area contributed by atoms with Gasteiger partial charge in [0.2, 0.25) is 11.8 Å². The van der Waals surface area contributed by atoms with Crippen LogP contribution in [0, 0.1) is 23.2 Å². The number of nitriles is 1. The summed E-state index contributed by atoms with van der Waals surface area (Å²) in [4.78, 5) is 39.4. The smallest absolute Gasteiger partial charge is 0.256 e. The quantitative estimate of drug-likeness (QED) is 0.557. The monoisotopic (exact) mass is 494 g/mol. The van der Waals surface area contributed by atoms with Crippen molar-refractivity contribution < 1.29 is 28.3 Å². The number of alkyl halides is 2. The van der Waals surface area contributed by atoms with Crippen LogP contribution in [0.3, 0.4) is 0 Å². The fraction of sp³-hybridized carbons (Fsp3) is 0.565. The topological polar surface area (TPSA) is 123 Å². The molecule has 4 fully saturated rings. The highest BCUT2D eigenvalue weighted by atomic mass is 35.5. The largest absolute Gasteiger partial charge is 0.378 e. The summed E-state index contributed by atoms with van der Waals surface area (Å²) >= 11 is 5.95. The van der Waals surface area contributed by atoms with Crippen LogP contribution in [0.1, 0.15) is 43.8 Å². The van der Waals surface area contributed by atoms with E-state index in [1.54, 1.807) is 12.1 Å². The van der Waals surface area contributed by atoms with Crippen molar-refractivity contribution in [1.82, 2.24) is 15.5 Å². The van der Waals surface area contributed by atoms with Crippen LogP contribution in [-0.2, 0) is 14.4 Å². The Kier molecular flexibility index (Phi) is 6.78. The Morgan fingerprint density at radius 1 is 1.35 bits per heavy atom. The number of rotatable bonds is 6. The molecule has 3 saturated heterocycles. The Bertz CT molecular complexity index is 1030. The molecule has 0 spiro atoms. The van der Waals surface area contributed by atoms with E-state index in [1.165, 1.54) is 12.1 Å². The van der Waals surface area contributed by atoms with Crippen LogP contribution in [0.15, 0.2) is 24.3 Å². The summed E-state index contributed by atoms with van der Waals surface area (Å²) in [6.07, 6.45) is -1.41. The van der Waals surface area contributed by atoms with Gasteiger partial charge in [-0.05, 0) is 43.4 Å². The average molecular weight is 495 g/mol. The lowest BCUT2D eigenvalue weighted by molar-refractivity contribution is -0.198. The molecule has 34 heavy (non-hydrogen) atoms. The van der Waals surface area contributed by atoms with Crippen molar-refractivity contribution in [3.63, 3.8) is 0 Å². The van der Waals surface area contributed by atoms with Gasteiger partial charge in [-0.15, -0.1) is 0 Å². The molecule has 182 valence electrons. The molecule has 3 heterocycles. The zero-order valence-corrected chi connectivity index (χ0v) is 19.0. The Balaban J connectivity index is 1.58. The maximum Gasteiger partial charge on any atom is 0.256 e. The predicted molar refractivity (Wildman–Crippen MR) is 116 cm³/mol. The second-order valence-electron chi connectivity index (χ2n) is 9.15. The van der Waals surface area contributed by atoms with E-state index in [1.807, 2.05) is 6.07 Å². The van der Waals surface area contributed by atoms with Crippen LogP contribution in [0.2, 0.25) is 5.02 Å². The first-order chi connectivity index (χ1) is 16.1. The van der Waals surface area contributed by atoms with Gasteiger partial charge in [0.15, 0.2) is 6.10 Å². The molecular formula is C23H25ClF2N4O4. The van der Waals surface area contributed by atoms with Crippen molar-refractivity contribution in [2.24, 2.45) is 11.8 Å². The van der Waals surface area contributed by atoms with Crippen molar-refractivity contribution in [3.8, 4) is 6.07 Å². The van der Waals surface area contributed by atoms with Crippen LogP contribution < -0.4 is 10.6 Å². The van der Waals surface area contributed by atoms with Gasteiger partial charge in [0.1, 0.15) is 12.1 Å². The maximum atomic E-state index is 14.8. The van der Waals surface area contributed by atoms with E-state index in [-0.39, 0.29) is 35.8 Å². The van der Waals surface area contributed by atoms with Crippen LogP contribution in [0.4, 0.5) is 8.78 Å². The molecule has 1 aliphatic carbocycles. The van der Waals surface area contributed by atoms with Crippen molar-refractivity contribution in [2.45, 2.75) is 62.3 Å². The van der Waals surface area contributed by atoms with E-state index in [0.717, 1.165) is 4.90 Å². The molecule has 0 aromatic heterocycles. The standard InChI is InChI=1S/C23H25ClF2N4O4/c24-14-3-1-2-12(8-14)19(31)22(34)30-16-4-5-17(23(25,26)10-16)18(30)21(33)29-15(11-27)9-13-6-7-28-20(13)32/h1-3,8,13,15-19,31H,4-7,9-10H2,(H,28,32)(H,29,33)/t13-,15-,16+,17+,18+,19+/m0/s1. The summed E-state index contributed by atoms with van der Waals surface area (Å²) in [7, 11) is 0. The second kappa shape index (κ2) is 9.47. The molecule has 8 nitrogen and oxygen atoms in total. The number of fused-ring (bicyclic) bond motifs is 3. The first-order valence-corrected chi connectivity index (χ1v) is 11.6. The molecule has 0 unspecified atom stereocenters. The highest BCUT2D eigenvalue weighted by Gasteiger charge is 2.61. The lowest BCUT2D eigenvalue weighted by atomic mass is 9.71. The van der Waals surface area contributed by atoms with Crippen LogP contribution in [0.5, 0.6) is 0 Å². The molecule has 3 N–H and O–H groups in total. The van der Waals surface area contributed by atoms with Crippen LogP contribution in [-0.4, -0.2) is 58.3 Å². The Hall–Kier alpha value is -2.77. The molecule has 1 aromatic rings. The molecule has 1 aromatic carbocycles. The summed E-state index contributed by atoms with van der Waals surface area (Å²) in [6.45, 7) is 0.470. The average Bonchev–Trinajstić information content (AvgIpc) is 3.20. The van der Waals surface area contributed by atoms with E-state index < -0.39 is 60.2 Å². The molecule has 2 bridgehead atoms. The van der Waals surface area contributed by atoms with E-state index in [2.05, 4.69) is 10.6 Å². The van der Waals surface area contributed by atoms with Gasteiger partial charge in [0, 0.05) is 29.9 Å². The van der Waals surface area contributed by atoms with Gasteiger partial charge in [0.05, 0.1) is 12.0 Å². The van der Waals surface area contributed by atoms with Gasteiger partial charge in [-0.1, -0.05) is 23.7 Å². The van der Waals surface area contributed by atoms with Gasteiger partial charge in [-0.25, -0.2) is 8.78 Å². The Labute approximate surface area is 200 Å². The van der Waals surface area contributed by atoms with Gasteiger partial charge >= 0.3 is 0 Å². The number of carbonyl (C=O) groups is 3. The number of aliphatic hydroxyl groups is 1. The Morgan fingerprint density at radius 2 is 2.12 bits per heavy atom. The fourth-order valence-corrected chi connectivity index (χ4v) is 5.54. The summed E-state index contributed by atoms with van der Waals surface area (Å²) < 4.78 is 29.6. The summed E-state index contributed by atoms with van der Waals surface area (Å²) in [5.74, 6) is -7.05. The predicted octanol–water partition coefficient (Wildman–Crippen LogP) is 1.92. The van der Waals surface area contributed by atoms with Gasteiger partial charge < -0.3 is 20.6 Å². The van der Waals surface area contributed by atoms with Crippen molar-refractivity contribution in [1.29, 1.82) is 5.26 Å². The van der Waals surface area contributed by atoms with E-state index in [9.17, 15) is 33.5 Å². The minimum atomic E-state index is -3.17. The second-order valence-corrected chi connectivity index (χ2v) is 9.59. The number of nitrogens with one attached hydrogen (secondary N) is 2. The van der Waals surface area contributed by atoms with E-state index in [4.69, 9.17) is 11.6 Å². The summed E-state index contributed by atoms with van der Waals surface area (Å²) in [5, 5.41) is 25.6. The number of aliphatic hydroxyl groups excluding tert-OH is 1. The zero-order valence-electron chi connectivity index (χ0n) is 18.2. The molecular weight excluding hydrogens is 470 g/mol.